The summed E-state index contributed by atoms with van der Waals surface area (Å²) in [5.74, 6) is 1.52. The number of thiocarbonyl (C=S) groups is 1. The fourth-order valence-electron chi connectivity index (χ4n) is 1.87. The third kappa shape index (κ3) is 6.08. The predicted molar refractivity (Wildman–Crippen MR) is 99.0 cm³/mol. The van der Waals surface area contributed by atoms with Crippen molar-refractivity contribution in [3.05, 3.63) is 54.3 Å². The number of para-hydroxylation sites is 1. The van der Waals surface area contributed by atoms with Crippen molar-refractivity contribution in [3.8, 4) is 5.75 Å². The van der Waals surface area contributed by atoms with Gasteiger partial charge in [0.1, 0.15) is 11.6 Å². The maximum atomic E-state index is 13.5. The number of methoxy groups -OCH3 is 1. The molecule has 0 heterocycles. The van der Waals surface area contributed by atoms with Crippen LogP contribution in [0, 0.1) is 5.82 Å². The summed E-state index contributed by atoms with van der Waals surface area (Å²) >= 11 is 6.94. The Kier molecular flexibility index (Phi) is 7.16. The molecule has 122 valence electrons. The van der Waals surface area contributed by atoms with Crippen LogP contribution in [0.5, 0.6) is 5.75 Å². The maximum absolute atomic E-state index is 13.5. The fraction of sp³-hybridized carbons (Fsp3) is 0.235. The number of hydrogen-bond acceptors (Lipinski definition) is 3. The highest BCUT2D eigenvalue weighted by Crippen LogP contribution is 2.21. The molecule has 0 atom stereocenters. The van der Waals surface area contributed by atoms with E-state index in [0.717, 1.165) is 24.5 Å². The number of anilines is 1. The van der Waals surface area contributed by atoms with Gasteiger partial charge in [-0.15, -0.1) is 11.8 Å². The van der Waals surface area contributed by atoms with Crippen LogP contribution in [-0.4, -0.2) is 24.5 Å². The lowest BCUT2D eigenvalue weighted by molar-refractivity contribution is 0.414. The molecule has 0 bridgehead atoms. The van der Waals surface area contributed by atoms with Gasteiger partial charge >= 0.3 is 0 Å². The third-order valence-electron chi connectivity index (χ3n) is 3.06. The number of rotatable bonds is 7. The van der Waals surface area contributed by atoms with Crippen LogP contribution >= 0.6 is 24.0 Å². The number of thioether (sulfide) groups is 1. The number of halogens is 1. The molecular weight excluding hydrogens is 331 g/mol. The molecule has 0 aliphatic heterocycles. The van der Waals surface area contributed by atoms with Crippen molar-refractivity contribution in [1.29, 1.82) is 0 Å². The van der Waals surface area contributed by atoms with Crippen molar-refractivity contribution in [2.45, 2.75) is 11.3 Å². The number of hydrogen-bond donors (Lipinski definition) is 2. The second-order valence-corrected chi connectivity index (χ2v) is 6.31. The topological polar surface area (TPSA) is 33.3 Å². The van der Waals surface area contributed by atoms with Gasteiger partial charge in [0.15, 0.2) is 5.11 Å². The van der Waals surface area contributed by atoms with Gasteiger partial charge in [0.05, 0.1) is 12.8 Å². The Labute approximate surface area is 145 Å². The molecule has 0 unspecified atom stereocenters. The average Bonchev–Trinajstić information content (AvgIpc) is 2.57. The SMILES string of the molecule is COc1ccc(SCCCNC(=S)Nc2ccccc2F)cc1. The first-order valence-corrected chi connectivity index (χ1v) is 8.64. The van der Waals surface area contributed by atoms with Crippen LogP contribution in [0.25, 0.3) is 0 Å². The summed E-state index contributed by atoms with van der Waals surface area (Å²) in [7, 11) is 1.66. The molecule has 3 nitrogen and oxygen atoms in total. The van der Waals surface area contributed by atoms with Gasteiger partial charge in [0.25, 0.3) is 0 Å². The monoisotopic (exact) mass is 350 g/mol. The first kappa shape index (κ1) is 17.6. The number of ether oxygens (including phenoxy) is 1. The van der Waals surface area contributed by atoms with Crippen LogP contribution in [0.1, 0.15) is 6.42 Å². The largest absolute Gasteiger partial charge is 0.497 e. The summed E-state index contributed by atoms with van der Waals surface area (Å²) in [6.07, 6.45) is 0.954. The Morgan fingerprint density at radius 3 is 2.61 bits per heavy atom. The average molecular weight is 350 g/mol. The molecule has 0 spiro atoms. The lowest BCUT2D eigenvalue weighted by Gasteiger charge is -2.11. The van der Waals surface area contributed by atoms with Crippen molar-refractivity contribution in [1.82, 2.24) is 5.32 Å². The van der Waals surface area contributed by atoms with E-state index in [4.69, 9.17) is 17.0 Å². The Hall–Kier alpha value is -1.79. The summed E-state index contributed by atoms with van der Waals surface area (Å²) in [6, 6.07) is 14.5. The molecule has 0 aliphatic rings. The van der Waals surface area contributed by atoms with Gasteiger partial charge in [-0.1, -0.05) is 12.1 Å². The molecule has 2 aromatic carbocycles. The molecule has 0 aromatic heterocycles. The zero-order chi connectivity index (χ0) is 16.5. The molecule has 0 aliphatic carbocycles. The number of nitrogens with one attached hydrogen (secondary N) is 2. The summed E-state index contributed by atoms with van der Waals surface area (Å²) in [4.78, 5) is 1.21. The zero-order valence-corrected chi connectivity index (χ0v) is 14.5. The zero-order valence-electron chi connectivity index (χ0n) is 12.8. The van der Waals surface area contributed by atoms with Gasteiger partial charge in [-0.05, 0) is 60.8 Å². The van der Waals surface area contributed by atoms with Crippen molar-refractivity contribution in [3.63, 3.8) is 0 Å². The van der Waals surface area contributed by atoms with E-state index >= 15 is 0 Å². The maximum Gasteiger partial charge on any atom is 0.170 e. The molecule has 0 saturated carbocycles. The second kappa shape index (κ2) is 9.37. The minimum absolute atomic E-state index is 0.313. The molecule has 0 saturated heterocycles. The Morgan fingerprint density at radius 2 is 1.91 bits per heavy atom. The molecule has 2 rings (SSSR count). The molecule has 0 radical (unpaired) electrons. The lowest BCUT2D eigenvalue weighted by Crippen LogP contribution is -2.29. The molecule has 6 heteroatoms. The van der Waals surface area contributed by atoms with Crippen LogP contribution in [0.4, 0.5) is 10.1 Å². The van der Waals surface area contributed by atoms with E-state index in [1.54, 1.807) is 37.1 Å². The van der Waals surface area contributed by atoms with Crippen LogP contribution < -0.4 is 15.4 Å². The van der Waals surface area contributed by atoms with E-state index in [2.05, 4.69) is 10.6 Å². The Bertz CT molecular complexity index is 635. The van der Waals surface area contributed by atoms with Crippen LogP contribution in [0.15, 0.2) is 53.4 Å². The summed E-state index contributed by atoms with van der Waals surface area (Å²) in [6.45, 7) is 0.740. The standard InChI is InChI=1S/C17H19FN2OS2/c1-21-13-7-9-14(10-8-13)23-12-4-11-19-17(22)20-16-6-3-2-5-15(16)18/h2-3,5-10H,4,11-12H2,1H3,(H2,19,20,22). The second-order valence-electron chi connectivity index (χ2n) is 4.74. The van der Waals surface area contributed by atoms with Gasteiger partial charge < -0.3 is 15.4 Å². The van der Waals surface area contributed by atoms with Crippen molar-refractivity contribution < 1.29 is 9.13 Å². The van der Waals surface area contributed by atoms with E-state index in [9.17, 15) is 4.39 Å². The molecular formula is C17H19FN2OS2. The van der Waals surface area contributed by atoms with Crippen LogP contribution in [-0.2, 0) is 0 Å². The van der Waals surface area contributed by atoms with Crippen LogP contribution in [0.2, 0.25) is 0 Å². The molecule has 0 amide bonds. The Morgan fingerprint density at radius 1 is 1.17 bits per heavy atom. The highest BCUT2D eigenvalue weighted by atomic mass is 32.2. The van der Waals surface area contributed by atoms with E-state index in [0.29, 0.717) is 10.8 Å². The predicted octanol–water partition coefficient (Wildman–Crippen LogP) is 4.30. The van der Waals surface area contributed by atoms with Crippen LogP contribution in [0.3, 0.4) is 0 Å². The van der Waals surface area contributed by atoms with Crippen molar-refractivity contribution >= 4 is 34.8 Å². The summed E-state index contributed by atoms with van der Waals surface area (Å²) < 4.78 is 18.6. The molecule has 23 heavy (non-hydrogen) atoms. The van der Waals surface area contributed by atoms with Gasteiger partial charge in [0, 0.05) is 11.4 Å². The van der Waals surface area contributed by atoms with E-state index in [1.165, 1.54) is 11.0 Å². The minimum Gasteiger partial charge on any atom is -0.497 e. The van der Waals surface area contributed by atoms with Crippen molar-refractivity contribution in [2.75, 3.05) is 24.7 Å². The van der Waals surface area contributed by atoms with E-state index in [1.807, 2.05) is 24.3 Å². The third-order valence-corrected chi connectivity index (χ3v) is 4.40. The fourth-order valence-corrected chi connectivity index (χ4v) is 2.93. The minimum atomic E-state index is -0.313. The molecule has 2 aromatic rings. The van der Waals surface area contributed by atoms with E-state index in [-0.39, 0.29) is 5.82 Å². The highest BCUT2D eigenvalue weighted by molar-refractivity contribution is 7.99. The summed E-state index contributed by atoms with van der Waals surface area (Å²) in [5, 5.41) is 6.37. The van der Waals surface area contributed by atoms with Gasteiger partial charge in [-0.25, -0.2) is 4.39 Å². The quantitative estimate of drug-likeness (QED) is 0.442. The normalized spacial score (nSPS) is 10.2. The first-order valence-electron chi connectivity index (χ1n) is 7.25. The smallest absolute Gasteiger partial charge is 0.170 e. The van der Waals surface area contributed by atoms with Gasteiger partial charge in [0.2, 0.25) is 0 Å². The van der Waals surface area contributed by atoms with Gasteiger partial charge in [-0.2, -0.15) is 0 Å². The lowest BCUT2D eigenvalue weighted by atomic mass is 10.3. The van der Waals surface area contributed by atoms with E-state index < -0.39 is 0 Å². The molecule has 2 N–H and O–H groups in total. The first-order chi connectivity index (χ1) is 11.2. The number of benzene rings is 2. The van der Waals surface area contributed by atoms with Gasteiger partial charge in [-0.3, -0.25) is 0 Å². The Balaban J connectivity index is 1.63. The molecule has 0 fully saturated rings. The van der Waals surface area contributed by atoms with Crippen molar-refractivity contribution in [2.24, 2.45) is 0 Å². The summed E-state index contributed by atoms with van der Waals surface area (Å²) in [5.41, 5.74) is 0.387. The highest BCUT2D eigenvalue weighted by Gasteiger charge is 2.02.